The molecule has 1 aromatic heterocycles. The second-order valence-corrected chi connectivity index (χ2v) is 3.40. The molecule has 0 fully saturated rings. The van der Waals surface area contributed by atoms with Gasteiger partial charge in [0.15, 0.2) is 0 Å². The predicted molar refractivity (Wildman–Crippen MR) is 59.3 cm³/mol. The number of hydrogen-bond donors (Lipinski definition) is 2. The van der Waals surface area contributed by atoms with Gasteiger partial charge in [0.25, 0.3) is 0 Å². The number of nitrogens with two attached hydrogens (primary N) is 1. The van der Waals surface area contributed by atoms with Gasteiger partial charge in [-0.3, -0.25) is 10.8 Å². The summed E-state index contributed by atoms with van der Waals surface area (Å²) >= 11 is 5.86. The molecule has 1 heterocycles. The van der Waals surface area contributed by atoms with E-state index in [2.05, 4.69) is 10.4 Å². The minimum Gasteiger partial charge on any atom is -0.322 e. The number of nitrogens with zero attached hydrogens (tertiary/aromatic N) is 2. The summed E-state index contributed by atoms with van der Waals surface area (Å²) in [6.45, 7) is 0. The van der Waals surface area contributed by atoms with Crippen LogP contribution in [-0.4, -0.2) is 4.98 Å². The Hall–Kier alpha value is -1.83. The Morgan fingerprint density at radius 1 is 1.47 bits per heavy atom. The molecule has 0 aliphatic heterocycles. The second kappa shape index (κ2) is 3.73. The topological polar surface area (TPSA) is 74.7 Å². The first-order valence-corrected chi connectivity index (χ1v) is 4.59. The van der Waals surface area contributed by atoms with Crippen LogP contribution in [0, 0.1) is 11.3 Å². The van der Waals surface area contributed by atoms with E-state index in [0.717, 1.165) is 10.9 Å². The van der Waals surface area contributed by atoms with Gasteiger partial charge >= 0.3 is 0 Å². The summed E-state index contributed by atoms with van der Waals surface area (Å²) in [5.41, 5.74) is 4.18. The molecule has 5 heteroatoms. The molecule has 0 radical (unpaired) electrons. The number of rotatable bonds is 1. The molecule has 0 saturated carbocycles. The maximum absolute atomic E-state index is 8.86. The molecule has 15 heavy (non-hydrogen) atoms. The summed E-state index contributed by atoms with van der Waals surface area (Å²) in [5.74, 6) is 5.37. The van der Waals surface area contributed by atoms with Gasteiger partial charge < -0.3 is 5.43 Å². The van der Waals surface area contributed by atoms with Gasteiger partial charge in [0, 0.05) is 16.6 Å². The van der Waals surface area contributed by atoms with Crippen molar-refractivity contribution >= 4 is 28.2 Å². The zero-order valence-corrected chi connectivity index (χ0v) is 8.42. The molecule has 0 bridgehead atoms. The molecule has 2 aromatic rings. The lowest BCUT2D eigenvalue weighted by atomic mass is 10.1. The van der Waals surface area contributed by atoms with Crippen LogP contribution in [0.5, 0.6) is 0 Å². The highest BCUT2D eigenvalue weighted by Gasteiger charge is 2.07. The first-order chi connectivity index (χ1) is 7.26. The second-order valence-electron chi connectivity index (χ2n) is 2.96. The van der Waals surface area contributed by atoms with Gasteiger partial charge in [-0.05, 0) is 18.2 Å². The van der Waals surface area contributed by atoms with E-state index in [9.17, 15) is 0 Å². The molecule has 0 saturated heterocycles. The SMILES string of the molecule is N#Cc1cnc2ccc(Cl)cc2c1NN. The summed E-state index contributed by atoms with van der Waals surface area (Å²) in [7, 11) is 0. The molecule has 1 aromatic carbocycles. The summed E-state index contributed by atoms with van der Waals surface area (Å²) in [6, 6.07) is 7.25. The summed E-state index contributed by atoms with van der Waals surface area (Å²) in [5, 5.41) is 10.2. The molecule has 0 unspecified atom stereocenters. The number of aromatic nitrogens is 1. The minimum atomic E-state index is 0.396. The lowest BCUT2D eigenvalue weighted by Crippen LogP contribution is -2.09. The van der Waals surface area contributed by atoms with Crippen molar-refractivity contribution in [3.8, 4) is 6.07 Å². The number of hydrazine groups is 1. The van der Waals surface area contributed by atoms with E-state index < -0.39 is 0 Å². The van der Waals surface area contributed by atoms with E-state index in [0.29, 0.717) is 16.3 Å². The van der Waals surface area contributed by atoms with Gasteiger partial charge in [-0.1, -0.05) is 11.6 Å². The standard InChI is InChI=1S/C10H7ClN4/c11-7-1-2-9-8(3-7)10(15-13)6(4-12)5-14-9/h1-3,5H,13H2,(H,14,15). The first kappa shape index (κ1) is 9.71. The minimum absolute atomic E-state index is 0.396. The first-order valence-electron chi connectivity index (χ1n) is 4.21. The number of nitrogen functional groups attached to an aromatic ring is 1. The van der Waals surface area contributed by atoms with Crippen LogP contribution in [0.2, 0.25) is 5.02 Å². The molecule has 2 rings (SSSR count). The number of benzene rings is 1. The van der Waals surface area contributed by atoms with Crippen LogP contribution in [0.1, 0.15) is 5.56 Å². The fourth-order valence-corrected chi connectivity index (χ4v) is 1.58. The third-order valence-electron chi connectivity index (χ3n) is 2.09. The monoisotopic (exact) mass is 218 g/mol. The molecule has 0 amide bonds. The fourth-order valence-electron chi connectivity index (χ4n) is 1.41. The number of nitrogens with one attached hydrogen (secondary N) is 1. The molecular formula is C10H7ClN4. The molecule has 0 spiro atoms. The molecule has 0 atom stereocenters. The van der Waals surface area contributed by atoms with E-state index in [1.165, 1.54) is 6.20 Å². The average Bonchev–Trinajstić information content (AvgIpc) is 2.27. The van der Waals surface area contributed by atoms with E-state index in [1.54, 1.807) is 18.2 Å². The highest BCUT2D eigenvalue weighted by molar-refractivity contribution is 6.31. The Bertz CT molecular complexity index is 559. The van der Waals surface area contributed by atoms with Gasteiger partial charge in [-0.2, -0.15) is 5.26 Å². The van der Waals surface area contributed by atoms with Crippen molar-refractivity contribution in [1.29, 1.82) is 5.26 Å². The maximum Gasteiger partial charge on any atom is 0.103 e. The van der Waals surface area contributed by atoms with Crippen molar-refractivity contribution in [3.63, 3.8) is 0 Å². The third kappa shape index (κ3) is 1.59. The molecule has 3 N–H and O–H groups in total. The number of anilines is 1. The van der Waals surface area contributed by atoms with Crippen LogP contribution < -0.4 is 11.3 Å². The molecule has 74 valence electrons. The number of hydrogen-bond acceptors (Lipinski definition) is 4. The fraction of sp³-hybridized carbons (Fsp3) is 0. The Morgan fingerprint density at radius 3 is 2.93 bits per heavy atom. The van der Waals surface area contributed by atoms with Crippen molar-refractivity contribution in [2.45, 2.75) is 0 Å². The Labute approximate surface area is 91.3 Å². The average molecular weight is 219 g/mol. The van der Waals surface area contributed by atoms with Crippen molar-refractivity contribution in [1.82, 2.24) is 4.98 Å². The zero-order valence-electron chi connectivity index (χ0n) is 7.66. The predicted octanol–water partition coefficient (Wildman–Crippen LogP) is 2.05. The Morgan fingerprint density at radius 2 is 2.27 bits per heavy atom. The lowest BCUT2D eigenvalue weighted by Gasteiger charge is -2.06. The van der Waals surface area contributed by atoms with Crippen LogP contribution in [0.15, 0.2) is 24.4 Å². The van der Waals surface area contributed by atoms with E-state index in [-0.39, 0.29) is 0 Å². The van der Waals surface area contributed by atoms with Crippen LogP contribution in [0.3, 0.4) is 0 Å². The van der Waals surface area contributed by atoms with Crippen LogP contribution in [0.4, 0.5) is 5.69 Å². The van der Waals surface area contributed by atoms with Crippen LogP contribution in [0.25, 0.3) is 10.9 Å². The van der Waals surface area contributed by atoms with E-state index >= 15 is 0 Å². The summed E-state index contributed by atoms with van der Waals surface area (Å²) in [6.07, 6.45) is 1.48. The number of nitriles is 1. The van der Waals surface area contributed by atoms with Crippen molar-refractivity contribution < 1.29 is 0 Å². The smallest absolute Gasteiger partial charge is 0.103 e. The highest BCUT2D eigenvalue weighted by atomic mass is 35.5. The van der Waals surface area contributed by atoms with Crippen LogP contribution >= 0.6 is 11.6 Å². The number of halogens is 1. The van der Waals surface area contributed by atoms with Crippen molar-refractivity contribution in [2.75, 3.05) is 5.43 Å². The zero-order chi connectivity index (χ0) is 10.8. The van der Waals surface area contributed by atoms with Crippen LogP contribution in [-0.2, 0) is 0 Å². The molecule has 0 aliphatic rings. The molecular weight excluding hydrogens is 212 g/mol. The largest absolute Gasteiger partial charge is 0.322 e. The third-order valence-corrected chi connectivity index (χ3v) is 2.33. The van der Waals surface area contributed by atoms with Gasteiger partial charge in [0.1, 0.15) is 6.07 Å². The normalized spacial score (nSPS) is 9.93. The van der Waals surface area contributed by atoms with Crippen molar-refractivity contribution in [2.24, 2.45) is 5.84 Å². The summed E-state index contributed by atoms with van der Waals surface area (Å²) in [4.78, 5) is 4.13. The summed E-state index contributed by atoms with van der Waals surface area (Å²) < 4.78 is 0. The van der Waals surface area contributed by atoms with Gasteiger partial charge in [-0.25, -0.2) is 0 Å². The van der Waals surface area contributed by atoms with Gasteiger partial charge in [0.2, 0.25) is 0 Å². The van der Waals surface area contributed by atoms with Crippen molar-refractivity contribution in [3.05, 3.63) is 35.0 Å². The highest BCUT2D eigenvalue weighted by Crippen LogP contribution is 2.27. The van der Waals surface area contributed by atoms with E-state index in [1.807, 2.05) is 6.07 Å². The van der Waals surface area contributed by atoms with Gasteiger partial charge in [-0.15, -0.1) is 0 Å². The molecule has 0 aliphatic carbocycles. The molecule has 4 nitrogen and oxygen atoms in total. The van der Waals surface area contributed by atoms with Gasteiger partial charge in [0.05, 0.1) is 16.8 Å². The number of fused-ring (bicyclic) bond motifs is 1. The number of pyridine rings is 1. The Kier molecular flexibility index (Phi) is 2.42. The maximum atomic E-state index is 8.86. The quantitative estimate of drug-likeness (QED) is 0.568. The Balaban J connectivity index is 2.86. The van der Waals surface area contributed by atoms with E-state index in [4.69, 9.17) is 22.7 Å². The lowest BCUT2D eigenvalue weighted by molar-refractivity contribution is 1.31.